The van der Waals surface area contributed by atoms with E-state index in [9.17, 15) is 14.4 Å². The van der Waals surface area contributed by atoms with Crippen molar-refractivity contribution in [3.05, 3.63) is 72.6 Å². The first-order chi connectivity index (χ1) is 25.2. The molecule has 3 aliphatic heterocycles. The van der Waals surface area contributed by atoms with Crippen LogP contribution < -0.4 is 16.4 Å². The molecule has 0 unspecified atom stereocenters. The first-order valence-electron chi connectivity index (χ1n) is 18.1. The van der Waals surface area contributed by atoms with Crippen molar-refractivity contribution in [2.24, 2.45) is 16.6 Å². The van der Waals surface area contributed by atoms with Crippen molar-refractivity contribution in [2.75, 3.05) is 26.2 Å². The zero-order valence-corrected chi connectivity index (χ0v) is 29.8. The van der Waals surface area contributed by atoms with Crippen LogP contribution in [0.25, 0.3) is 33.6 Å². The molecule has 7 rings (SSSR count). The highest BCUT2D eigenvalue weighted by atomic mass is 16.6. The van der Waals surface area contributed by atoms with Crippen LogP contribution in [0, 0.1) is 5.92 Å². The number of ether oxygens (including phenoxy) is 1. The van der Waals surface area contributed by atoms with Crippen LogP contribution in [0.15, 0.2) is 65.9 Å². The van der Waals surface area contributed by atoms with Gasteiger partial charge in [-0.25, -0.2) is 14.8 Å². The van der Waals surface area contributed by atoms with E-state index in [2.05, 4.69) is 80.8 Å². The summed E-state index contributed by atoms with van der Waals surface area (Å²) in [7, 11) is 0. The lowest BCUT2D eigenvalue weighted by Gasteiger charge is -2.30. The number of nitrogens with zero attached hydrogens (tertiary/aromatic N) is 5. The summed E-state index contributed by atoms with van der Waals surface area (Å²) in [4.78, 5) is 62.2. The second-order valence-electron chi connectivity index (χ2n) is 14.0. The van der Waals surface area contributed by atoms with Gasteiger partial charge in [0.05, 0.1) is 42.4 Å². The van der Waals surface area contributed by atoms with Gasteiger partial charge in [-0.15, -0.1) is 0 Å². The average molecular weight is 707 g/mol. The highest BCUT2D eigenvalue weighted by Gasteiger charge is 2.38. The molecule has 6 N–H and O–H groups in total. The summed E-state index contributed by atoms with van der Waals surface area (Å²) in [5.74, 6) is 2.10. The molecular weight excluding hydrogens is 660 g/mol. The Bertz CT molecular complexity index is 1930. The Balaban J connectivity index is 0.996. The van der Waals surface area contributed by atoms with Crippen LogP contribution in [-0.2, 0) is 14.3 Å². The van der Waals surface area contributed by atoms with Gasteiger partial charge in [0.25, 0.3) is 5.91 Å². The standard InChI is InChI=1S/C38H46N10O4/c1-22(2)32(46-38-40-16-17-41-38)36(50)48-19-5-7-31(48)34-43-21-29(45-34)27-14-10-25(11-15-27)24-8-12-26(13-9-24)28-20-42-33(44-28)30-6-4-18-47(30)35(49)23(3)52-37(39)51/h8-15,20-23,30-32H,4-7,16-19H2,1-3H3,(H2,39,51)(H,42,44)(H,43,45)(H2,40,41,46)/t23-,30-,31-,32-/m0/s1. The molecule has 2 aromatic heterocycles. The Morgan fingerprint density at radius 1 is 0.788 bits per heavy atom. The summed E-state index contributed by atoms with van der Waals surface area (Å²) >= 11 is 0. The van der Waals surface area contributed by atoms with Crippen molar-refractivity contribution in [2.45, 2.75) is 70.7 Å². The molecule has 0 aliphatic carbocycles. The van der Waals surface area contributed by atoms with Gasteiger partial charge in [-0.3, -0.25) is 14.6 Å². The third-order valence-electron chi connectivity index (χ3n) is 10.2. The number of likely N-dealkylation sites (tertiary alicyclic amines) is 2. The van der Waals surface area contributed by atoms with Gasteiger partial charge in [0.2, 0.25) is 5.91 Å². The molecule has 0 spiro atoms. The monoisotopic (exact) mass is 706 g/mol. The number of hydrogen-bond donors (Lipinski definition) is 5. The molecule has 3 amide bonds. The van der Waals surface area contributed by atoms with Gasteiger partial charge < -0.3 is 40.9 Å². The summed E-state index contributed by atoms with van der Waals surface area (Å²) < 4.78 is 4.91. The van der Waals surface area contributed by atoms with Crippen LogP contribution in [-0.4, -0.2) is 91.9 Å². The van der Waals surface area contributed by atoms with Crippen LogP contribution in [0.3, 0.4) is 0 Å². The number of benzene rings is 2. The van der Waals surface area contributed by atoms with Gasteiger partial charge in [0, 0.05) is 19.6 Å². The number of nitrogens with one attached hydrogen (secondary N) is 4. The van der Waals surface area contributed by atoms with Gasteiger partial charge >= 0.3 is 6.09 Å². The predicted molar refractivity (Wildman–Crippen MR) is 197 cm³/mol. The summed E-state index contributed by atoms with van der Waals surface area (Å²) in [5.41, 5.74) is 11.0. The van der Waals surface area contributed by atoms with Crippen LogP contribution in [0.5, 0.6) is 0 Å². The van der Waals surface area contributed by atoms with Crippen molar-refractivity contribution in [1.29, 1.82) is 0 Å². The van der Waals surface area contributed by atoms with Crippen molar-refractivity contribution in [1.82, 2.24) is 40.4 Å². The smallest absolute Gasteiger partial charge is 0.405 e. The van der Waals surface area contributed by atoms with Gasteiger partial charge in [-0.1, -0.05) is 62.4 Å². The van der Waals surface area contributed by atoms with E-state index >= 15 is 0 Å². The van der Waals surface area contributed by atoms with Gasteiger partial charge in [-0.2, -0.15) is 0 Å². The molecule has 4 aromatic rings. The summed E-state index contributed by atoms with van der Waals surface area (Å²) in [6.07, 6.45) is 5.10. The second kappa shape index (κ2) is 14.9. The summed E-state index contributed by atoms with van der Waals surface area (Å²) in [6, 6.07) is 15.9. The van der Waals surface area contributed by atoms with Crippen LogP contribution in [0.2, 0.25) is 0 Å². The average Bonchev–Trinajstić information content (AvgIpc) is 3.99. The molecule has 272 valence electrons. The molecule has 0 radical (unpaired) electrons. The van der Waals surface area contributed by atoms with E-state index in [4.69, 9.17) is 15.5 Å². The largest absolute Gasteiger partial charge is 0.437 e. The number of nitrogens with two attached hydrogens (primary N) is 1. The van der Waals surface area contributed by atoms with Crippen molar-refractivity contribution < 1.29 is 19.1 Å². The Kier molecular flexibility index (Phi) is 9.97. The van der Waals surface area contributed by atoms with E-state index in [-0.39, 0.29) is 35.9 Å². The number of aromatic nitrogens is 4. The second-order valence-corrected chi connectivity index (χ2v) is 14.0. The molecule has 5 heterocycles. The van der Waals surface area contributed by atoms with E-state index in [0.717, 1.165) is 78.2 Å². The molecule has 52 heavy (non-hydrogen) atoms. The number of guanidine groups is 1. The number of rotatable bonds is 10. The van der Waals surface area contributed by atoms with Gasteiger partial charge in [-0.05, 0) is 60.8 Å². The topological polar surface area (TPSA) is 187 Å². The van der Waals surface area contributed by atoms with E-state index in [1.165, 1.54) is 6.92 Å². The van der Waals surface area contributed by atoms with E-state index in [0.29, 0.717) is 24.9 Å². The van der Waals surface area contributed by atoms with Crippen LogP contribution >= 0.6 is 0 Å². The zero-order valence-electron chi connectivity index (χ0n) is 29.8. The Morgan fingerprint density at radius 2 is 1.29 bits per heavy atom. The number of imidazole rings is 2. The number of aromatic amines is 2. The minimum Gasteiger partial charge on any atom is -0.437 e. The number of primary amides is 1. The fourth-order valence-corrected chi connectivity index (χ4v) is 7.41. The molecule has 14 nitrogen and oxygen atoms in total. The fraction of sp³-hybridized carbons (Fsp3) is 0.421. The first kappa shape index (κ1) is 34.8. The number of carbonyl (C=O) groups excluding carboxylic acids is 3. The molecule has 4 atom stereocenters. The lowest BCUT2D eigenvalue weighted by atomic mass is 10.0. The van der Waals surface area contributed by atoms with Crippen LogP contribution in [0.1, 0.15) is 70.2 Å². The molecular formula is C38H46N10O4. The number of amides is 3. The third-order valence-corrected chi connectivity index (χ3v) is 10.2. The third kappa shape index (κ3) is 7.23. The van der Waals surface area contributed by atoms with Gasteiger partial charge in [0.15, 0.2) is 12.1 Å². The maximum absolute atomic E-state index is 13.8. The van der Waals surface area contributed by atoms with Crippen molar-refractivity contribution in [3.8, 4) is 33.6 Å². The molecule has 0 bridgehead atoms. The molecule has 14 heteroatoms. The number of carbonyl (C=O) groups is 3. The lowest BCUT2D eigenvalue weighted by molar-refractivity contribution is -0.140. The van der Waals surface area contributed by atoms with E-state index in [1.54, 1.807) is 11.1 Å². The minimum absolute atomic E-state index is 0.0751. The molecule has 2 fully saturated rings. The van der Waals surface area contributed by atoms with Crippen LogP contribution in [0.4, 0.5) is 4.79 Å². The van der Waals surface area contributed by atoms with E-state index in [1.807, 2.05) is 23.2 Å². The maximum Gasteiger partial charge on any atom is 0.405 e. The Morgan fingerprint density at radius 3 is 1.75 bits per heavy atom. The molecule has 3 aliphatic rings. The summed E-state index contributed by atoms with van der Waals surface area (Å²) in [6.45, 7) is 8.41. The quantitative estimate of drug-likeness (QED) is 0.159. The van der Waals surface area contributed by atoms with Gasteiger partial charge in [0.1, 0.15) is 17.7 Å². The zero-order chi connectivity index (χ0) is 36.4. The Hall–Kier alpha value is -5.66. The highest BCUT2D eigenvalue weighted by molar-refractivity contribution is 5.90. The minimum atomic E-state index is -0.970. The van der Waals surface area contributed by atoms with Crippen molar-refractivity contribution >= 4 is 23.9 Å². The predicted octanol–water partition coefficient (Wildman–Crippen LogP) is 4.52. The number of H-pyrrole nitrogens is 2. The lowest BCUT2D eigenvalue weighted by Crippen LogP contribution is -2.53. The normalized spacial score (nSPS) is 19.7. The highest BCUT2D eigenvalue weighted by Crippen LogP contribution is 2.35. The first-order valence-corrected chi connectivity index (χ1v) is 18.1. The SMILES string of the molecule is CC(C)[C@H](NC1=NCCN1)C(=O)N1CCC[C@H]1c1ncc(-c2ccc(-c3ccc(-c4cnc([C@@H]5CCCN5C(=O)[C@H](C)OC(N)=O)[nH]4)cc3)cc2)[nH]1. The number of hydrogen-bond acceptors (Lipinski definition) is 9. The number of aliphatic imine (C=N–C) groups is 1. The fourth-order valence-electron chi connectivity index (χ4n) is 7.41. The maximum atomic E-state index is 13.8. The van der Waals surface area contributed by atoms with E-state index < -0.39 is 12.2 Å². The van der Waals surface area contributed by atoms with Crippen molar-refractivity contribution in [3.63, 3.8) is 0 Å². The molecule has 2 aromatic carbocycles. The molecule has 0 saturated carbocycles. The molecule has 2 saturated heterocycles. The summed E-state index contributed by atoms with van der Waals surface area (Å²) in [5, 5.41) is 6.55. The Labute approximate surface area is 302 Å².